The van der Waals surface area contributed by atoms with Gasteiger partial charge in [-0.05, 0) is 30.2 Å². The van der Waals surface area contributed by atoms with Crippen LogP contribution in [-0.2, 0) is 0 Å². The van der Waals surface area contributed by atoms with Crippen molar-refractivity contribution in [1.82, 2.24) is 5.32 Å². The molecule has 1 fully saturated rings. The topological polar surface area (TPSA) is 49.3 Å². The maximum Gasteiger partial charge on any atom is 0.262 e. The third-order valence-corrected chi connectivity index (χ3v) is 3.86. The third-order valence-electron chi connectivity index (χ3n) is 2.95. The van der Waals surface area contributed by atoms with Gasteiger partial charge in [0.25, 0.3) is 5.91 Å². The molecule has 3 nitrogen and oxygen atoms in total. The van der Waals surface area contributed by atoms with Gasteiger partial charge in [-0.1, -0.05) is 18.3 Å². The highest BCUT2D eigenvalue weighted by Crippen LogP contribution is 2.25. The second-order valence-electron chi connectivity index (χ2n) is 4.13. The number of nitrogens with one attached hydrogen (secondary N) is 1. The van der Waals surface area contributed by atoms with E-state index in [-0.39, 0.29) is 12.5 Å². The summed E-state index contributed by atoms with van der Waals surface area (Å²) in [5, 5.41) is 13.4. The van der Waals surface area contributed by atoms with Gasteiger partial charge in [0.1, 0.15) is 11.5 Å². The molecule has 17 heavy (non-hydrogen) atoms. The van der Waals surface area contributed by atoms with Crippen LogP contribution in [0.5, 0.6) is 0 Å². The van der Waals surface area contributed by atoms with Crippen LogP contribution in [0.15, 0.2) is 11.4 Å². The molecule has 0 aliphatic heterocycles. The van der Waals surface area contributed by atoms with Crippen molar-refractivity contribution in [3.63, 3.8) is 0 Å². The van der Waals surface area contributed by atoms with Gasteiger partial charge >= 0.3 is 0 Å². The molecule has 1 aliphatic rings. The fourth-order valence-corrected chi connectivity index (χ4v) is 2.50. The molecule has 4 heteroatoms. The summed E-state index contributed by atoms with van der Waals surface area (Å²) >= 11 is 1.39. The number of carbonyl (C=O) groups is 1. The molecule has 0 radical (unpaired) electrons. The molecule has 1 heterocycles. The Morgan fingerprint density at radius 2 is 2.41 bits per heavy atom. The lowest BCUT2D eigenvalue weighted by Crippen LogP contribution is -2.32. The van der Waals surface area contributed by atoms with Crippen molar-refractivity contribution in [3.8, 4) is 11.8 Å². The van der Waals surface area contributed by atoms with Crippen LogP contribution in [-0.4, -0.2) is 24.2 Å². The Hall–Kier alpha value is -1.31. The summed E-state index contributed by atoms with van der Waals surface area (Å²) in [5.41, 5.74) is 0.704. The Morgan fingerprint density at radius 3 is 3.06 bits per heavy atom. The van der Waals surface area contributed by atoms with Crippen molar-refractivity contribution in [3.05, 3.63) is 21.9 Å². The van der Waals surface area contributed by atoms with Gasteiger partial charge in [0.05, 0.1) is 0 Å². The van der Waals surface area contributed by atoms with Gasteiger partial charge in [-0.25, -0.2) is 0 Å². The predicted molar refractivity (Wildman–Crippen MR) is 68.0 cm³/mol. The first-order chi connectivity index (χ1) is 8.31. The summed E-state index contributed by atoms with van der Waals surface area (Å²) in [6.07, 6.45) is 3.73. The Labute approximate surface area is 105 Å². The molecule has 2 rings (SSSR count). The van der Waals surface area contributed by atoms with Crippen molar-refractivity contribution >= 4 is 17.2 Å². The number of aliphatic hydroxyl groups excluding tert-OH is 1. The van der Waals surface area contributed by atoms with E-state index in [1.807, 2.05) is 11.4 Å². The molecular formula is C13H15NO2S. The predicted octanol–water partition coefficient (Wildman–Crippen LogP) is 1.62. The van der Waals surface area contributed by atoms with Crippen molar-refractivity contribution in [1.29, 1.82) is 0 Å². The Kier molecular flexibility index (Phi) is 4.18. The molecule has 1 aromatic heterocycles. The van der Waals surface area contributed by atoms with E-state index in [0.29, 0.717) is 16.4 Å². The minimum Gasteiger partial charge on any atom is -0.384 e. The lowest BCUT2D eigenvalue weighted by Gasteiger charge is -2.25. The Morgan fingerprint density at radius 1 is 1.59 bits per heavy atom. The molecule has 1 amide bonds. The van der Waals surface area contributed by atoms with E-state index < -0.39 is 0 Å². The lowest BCUT2D eigenvalue weighted by molar-refractivity contribution is 0.0943. The average Bonchev–Trinajstić information content (AvgIpc) is 2.72. The van der Waals surface area contributed by atoms with Gasteiger partial charge in [0.2, 0.25) is 0 Å². The second kappa shape index (κ2) is 5.85. The number of hydrogen-bond acceptors (Lipinski definition) is 3. The maximum absolute atomic E-state index is 11.9. The van der Waals surface area contributed by atoms with Crippen LogP contribution in [0, 0.1) is 17.8 Å². The van der Waals surface area contributed by atoms with Crippen molar-refractivity contribution in [2.45, 2.75) is 19.3 Å². The number of thiophene rings is 1. The van der Waals surface area contributed by atoms with E-state index in [9.17, 15) is 4.79 Å². The molecule has 2 N–H and O–H groups in total. The average molecular weight is 249 g/mol. The van der Waals surface area contributed by atoms with Gasteiger partial charge in [-0.2, -0.15) is 0 Å². The van der Waals surface area contributed by atoms with Crippen LogP contribution in [0.1, 0.15) is 34.5 Å². The highest BCUT2D eigenvalue weighted by molar-refractivity contribution is 7.12. The fraction of sp³-hybridized carbons (Fsp3) is 0.462. The Bertz CT molecular complexity index is 451. The lowest BCUT2D eigenvalue weighted by atomic mass is 9.85. The van der Waals surface area contributed by atoms with Crippen molar-refractivity contribution < 1.29 is 9.90 Å². The van der Waals surface area contributed by atoms with Gasteiger partial charge in [0, 0.05) is 12.1 Å². The van der Waals surface area contributed by atoms with Crippen LogP contribution < -0.4 is 5.32 Å². The zero-order valence-electron chi connectivity index (χ0n) is 9.53. The molecule has 0 atom stereocenters. The number of carbonyl (C=O) groups excluding carboxylic acids is 1. The third kappa shape index (κ3) is 3.09. The van der Waals surface area contributed by atoms with E-state index in [1.54, 1.807) is 0 Å². The molecule has 0 spiro atoms. The SMILES string of the molecule is O=C(NCC1CCC1)c1sccc1C#CCO. The van der Waals surface area contributed by atoms with Crippen LogP contribution in [0.25, 0.3) is 0 Å². The summed E-state index contributed by atoms with van der Waals surface area (Å²) in [6.45, 7) is 0.586. The number of amides is 1. The molecule has 0 saturated heterocycles. The van der Waals surface area contributed by atoms with Crippen LogP contribution >= 0.6 is 11.3 Å². The summed E-state index contributed by atoms with van der Waals surface area (Å²) in [4.78, 5) is 12.5. The molecule has 0 aromatic carbocycles. The fourth-order valence-electron chi connectivity index (χ4n) is 1.73. The summed E-state index contributed by atoms with van der Waals surface area (Å²) < 4.78 is 0. The van der Waals surface area contributed by atoms with E-state index in [4.69, 9.17) is 5.11 Å². The van der Waals surface area contributed by atoms with Crippen molar-refractivity contribution in [2.24, 2.45) is 5.92 Å². The summed E-state index contributed by atoms with van der Waals surface area (Å²) in [7, 11) is 0. The smallest absolute Gasteiger partial charge is 0.262 e. The molecule has 1 aliphatic carbocycles. The van der Waals surface area contributed by atoms with Crippen LogP contribution in [0.4, 0.5) is 0 Å². The monoisotopic (exact) mass is 249 g/mol. The van der Waals surface area contributed by atoms with E-state index in [1.165, 1.54) is 30.6 Å². The maximum atomic E-state index is 11.9. The second-order valence-corrected chi connectivity index (χ2v) is 5.05. The normalized spacial score (nSPS) is 14.6. The van der Waals surface area contributed by atoms with Gasteiger partial charge in [0.15, 0.2) is 0 Å². The first-order valence-electron chi connectivity index (χ1n) is 5.76. The van der Waals surface area contributed by atoms with Gasteiger partial charge < -0.3 is 10.4 Å². The van der Waals surface area contributed by atoms with E-state index >= 15 is 0 Å². The zero-order valence-corrected chi connectivity index (χ0v) is 10.3. The van der Waals surface area contributed by atoms with E-state index in [0.717, 1.165) is 6.54 Å². The molecule has 0 unspecified atom stereocenters. The number of aliphatic hydroxyl groups is 1. The van der Waals surface area contributed by atoms with Crippen molar-refractivity contribution in [2.75, 3.05) is 13.2 Å². The standard InChI is InChI=1S/C13H15NO2S/c15-7-2-5-11-6-8-17-12(11)13(16)14-9-10-3-1-4-10/h6,8,10,15H,1,3-4,7,9H2,(H,14,16). The minimum absolute atomic E-state index is 0.0471. The van der Waals surface area contributed by atoms with Gasteiger partial charge in [-0.3, -0.25) is 4.79 Å². The summed E-state index contributed by atoms with van der Waals surface area (Å²) in [6, 6.07) is 1.81. The largest absolute Gasteiger partial charge is 0.384 e. The summed E-state index contributed by atoms with van der Waals surface area (Å²) in [5.74, 6) is 5.97. The van der Waals surface area contributed by atoms with E-state index in [2.05, 4.69) is 17.2 Å². The number of hydrogen-bond donors (Lipinski definition) is 2. The Balaban J connectivity index is 1.95. The highest BCUT2D eigenvalue weighted by atomic mass is 32.1. The molecule has 90 valence electrons. The van der Waals surface area contributed by atoms with Crippen LogP contribution in [0.2, 0.25) is 0 Å². The van der Waals surface area contributed by atoms with Crippen LogP contribution in [0.3, 0.4) is 0 Å². The molecule has 1 aromatic rings. The minimum atomic E-state index is -0.182. The first kappa shape index (κ1) is 12.2. The first-order valence-corrected chi connectivity index (χ1v) is 6.64. The van der Waals surface area contributed by atoms with Gasteiger partial charge in [-0.15, -0.1) is 11.3 Å². The zero-order chi connectivity index (χ0) is 12.1. The quantitative estimate of drug-likeness (QED) is 0.800. The molecular weight excluding hydrogens is 234 g/mol. The number of rotatable bonds is 3. The highest BCUT2D eigenvalue weighted by Gasteiger charge is 2.19. The molecule has 1 saturated carbocycles. The molecule has 0 bridgehead atoms.